The minimum absolute atomic E-state index is 0.131. The second kappa shape index (κ2) is 9.41. The predicted octanol–water partition coefficient (Wildman–Crippen LogP) is 4.25. The third-order valence-corrected chi connectivity index (χ3v) is 2.54. The minimum Gasteiger partial charge on any atom is -0.392 e. The van der Waals surface area contributed by atoms with Gasteiger partial charge in [0.1, 0.15) is 0 Å². The van der Waals surface area contributed by atoms with Crippen LogP contribution in [-0.2, 0) is 0 Å². The quantitative estimate of drug-likeness (QED) is 0.504. The fourth-order valence-corrected chi connectivity index (χ4v) is 1.47. The molecule has 0 saturated carbocycles. The molecule has 0 fully saturated rings. The molecule has 92 valence electrons. The topological polar surface area (TPSA) is 20.2 Å². The fourth-order valence-electron chi connectivity index (χ4n) is 1.47. The Morgan fingerprint density at radius 1 is 1.19 bits per heavy atom. The molecule has 16 heavy (non-hydrogen) atoms. The number of rotatable bonds is 7. The molecular weight excluding hydrogens is 196 g/mol. The van der Waals surface area contributed by atoms with Crippen molar-refractivity contribution >= 4 is 0 Å². The van der Waals surface area contributed by atoms with Crippen molar-refractivity contribution in [2.75, 3.05) is 6.61 Å². The molecule has 0 radical (unpaired) electrons. The van der Waals surface area contributed by atoms with Crippen LogP contribution in [0.2, 0.25) is 0 Å². The molecule has 0 aliphatic carbocycles. The zero-order valence-corrected chi connectivity index (χ0v) is 11.2. The van der Waals surface area contributed by atoms with Crippen LogP contribution in [0, 0.1) is 5.92 Å². The largest absolute Gasteiger partial charge is 0.392 e. The van der Waals surface area contributed by atoms with Gasteiger partial charge in [-0.3, -0.25) is 0 Å². The summed E-state index contributed by atoms with van der Waals surface area (Å²) < 4.78 is 0. The summed E-state index contributed by atoms with van der Waals surface area (Å²) >= 11 is 0. The molecule has 0 aromatic carbocycles. The molecular formula is C15H26O. The molecule has 0 spiro atoms. The van der Waals surface area contributed by atoms with Gasteiger partial charge >= 0.3 is 0 Å². The third kappa shape index (κ3) is 9.72. The first-order valence-corrected chi connectivity index (χ1v) is 6.13. The molecule has 0 aliphatic rings. The standard InChI is InChI=1S/C15H26O/c1-13(2)7-5-8-14(3)9-6-10-15(4)11-12-16/h6-7,10-11,14,16H,5,8-9,12H2,1-4H3/b10-6+,15-11+. The van der Waals surface area contributed by atoms with Crippen molar-refractivity contribution in [3.8, 4) is 0 Å². The lowest BCUT2D eigenvalue weighted by atomic mass is 10.0. The van der Waals surface area contributed by atoms with Crippen LogP contribution < -0.4 is 0 Å². The van der Waals surface area contributed by atoms with Gasteiger partial charge in [0.25, 0.3) is 0 Å². The molecule has 1 unspecified atom stereocenters. The second-order valence-electron chi connectivity index (χ2n) is 4.73. The highest BCUT2D eigenvalue weighted by atomic mass is 16.2. The molecule has 0 saturated heterocycles. The third-order valence-electron chi connectivity index (χ3n) is 2.54. The molecule has 0 aromatic heterocycles. The van der Waals surface area contributed by atoms with Crippen molar-refractivity contribution < 1.29 is 5.11 Å². The first-order chi connectivity index (χ1) is 7.56. The van der Waals surface area contributed by atoms with E-state index in [1.165, 1.54) is 18.4 Å². The molecule has 0 amide bonds. The van der Waals surface area contributed by atoms with Gasteiger partial charge < -0.3 is 5.11 Å². The van der Waals surface area contributed by atoms with Gasteiger partial charge in [0, 0.05) is 0 Å². The number of allylic oxidation sites excluding steroid dienone is 5. The Bertz CT molecular complexity index is 255. The lowest BCUT2D eigenvalue weighted by molar-refractivity contribution is 0.342. The van der Waals surface area contributed by atoms with E-state index in [1.807, 2.05) is 13.0 Å². The average Bonchev–Trinajstić information content (AvgIpc) is 2.17. The summed E-state index contributed by atoms with van der Waals surface area (Å²) in [7, 11) is 0. The van der Waals surface area contributed by atoms with Crippen molar-refractivity contribution in [1.82, 2.24) is 0 Å². The molecule has 0 heterocycles. The van der Waals surface area contributed by atoms with Gasteiger partial charge in [0.2, 0.25) is 0 Å². The van der Waals surface area contributed by atoms with Crippen LogP contribution in [0.5, 0.6) is 0 Å². The molecule has 0 aliphatic heterocycles. The van der Waals surface area contributed by atoms with Crippen LogP contribution in [0.4, 0.5) is 0 Å². The lowest BCUT2D eigenvalue weighted by Crippen LogP contribution is -1.91. The van der Waals surface area contributed by atoms with Crippen LogP contribution in [0.15, 0.2) is 35.5 Å². The van der Waals surface area contributed by atoms with Gasteiger partial charge in [-0.2, -0.15) is 0 Å². The minimum atomic E-state index is 0.131. The van der Waals surface area contributed by atoms with Crippen LogP contribution >= 0.6 is 0 Å². The average molecular weight is 222 g/mol. The van der Waals surface area contributed by atoms with Gasteiger partial charge in [-0.15, -0.1) is 0 Å². The first-order valence-electron chi connectivity index (χ1n) is 6.13. The summed E-state index contributed by atoms with van der Waals surface area (Å²) in [6, 6.07) is 0. The normalized spacial score (nSPS) is 14.2. The maximum atomic E-state index is 8.70. The van der Waals surface area contributed by atoms with Gasteiger partial charge in [-0.25, -0.2) is 0 Å². The van der Waals surface area contributed by atoms with Gasteiger partial charge in [0.15, 0.2) is 0 Å². The molecule has 0 rings (SSSR count). The predicted molar refractivity (Wildman–Crippen MR) is 72.4 cm³/mol. The van der Waals surface area contributed by atoms with Crippen LogP contribution in [-0.4, -0.2) is 11.7 Å². The summed E-state index contributed by atoms with van der Waals surface area (Å²) in [6.45, 7) is 8.72. The maximum Gasteiger partial charge on any atom is 0.0617 e. The van der Waals surface area contributed by atoms with Gasteiger partial charge in [0.05, 0.1) is 6.61 Å². The van der Waals surface area contributed by atoms with E-state index in [2.05, 4.69) is 39.0 Å². The number of aliphatic hydroxyl groups excluding tert-OH is 1. The summed E-state index contributed by atoms with van der Waals surface area (Å²) in [5.41, 5.74) is 2.54. The number of aliphatic hydroxyl groups is 1. The maximum absolute atomic E-state index is 8.70. The smallest absolute Gasteiger partial charge is 0.0617 e. The highest BCUT2D eigenvalue weighted by Gasteiger charge is 1.97. The summed E-state index contributed by atoms with van der Waals surface area (Å²) in [6.07, 6.45) is 12.0. The van der Waals surface area contributed by atoms with Crippen molar-refractivity contribution in [1.29, 1.82) is 0 Å². The van der Waals surface area contributed by atoms with E-state index in [4.69, 9.17) is 5.11 Å². The van der Waals surface area contributed by atoms with Crippen molar-refractivity contribution in [2.45, 2.75) is 47.0 Å². The highest BCUT2D eigenvalue weighted by molar-refractivity contribution is 5.15. The van der Waals surface area contributed by atoms with Crippen molar-refractivity contribution in [3.63, 3.8) is 0 Å². The molecule has 1 atom stereocenters. The van der Waals surface area contributed by atoms with E-state index in [1.54, 1.807) is 0 Å². The van der Waals surface area contributed by atoms with Crippen LogP contribution in [0.25, 0.3) is 0 Å². The molecule has 0 aromatic rings. The Hall–Kier alpha value is -0.820. The van der Waals surface area contributed by atoms with E-state index >= 15 is 0 Å². The summed E-state index contributed by atoms with van der Waals surface area (Å²) in [5, 5.41) is 8.70. The highest BCUT2D eigenvalue weighted by Crippen LogP contribution is 2.12. The first kappa shape index (κ1) is 15.2. The number of hydrogen-bond donors (Lipinski definition) is 1. The van der Waals surface area contributed by atoms with Crippen LogP contribution in [0.1, 0.15) is 47.0 Å². The van der Waals surface area contributed by atoms with E-state index in [-0.39, 0.29) is 6.61 Å². The summed E-state index contributed by atoms with van der Waals surface area (Å²) in [5.74, 6) is 0.730. The SMILES string of the molecule is CC(C)=CCCC(C)C/C=C/C(C)=C/CO. The molecule has 0 bridgehead atoms. The molecule has 1 heteroatoms. The monoisotopic (exact) mass is 222 g/mol. The summed E-state index contributed by atoms with van der Waals surface area (Å²) in [4.78, 5) is 0. The van der Waals surface area contributed by atoms with E-state index in [9.17, 15) is 0 Å². The van der Waals surface area contributed by atoms with E-state index in [0.717, 1.165) is 17.9 Å². The zero-order chi connectivity index (χ0) is 12.4. The Morgan fingerprint density at radius 3 is 2.44 bits per heavy atom. The number of hydrogen-bond acceptors (Lipinski definition) is 1. The molecule has 1 nitrogen and oxygen atoms in total. The van der Waals surface area contributed by atoms with Gasteiger partial charge in [-0.05, 0) is 46.0 Å². The fraction of sp³-hybridized carbons (Fsp3) is 0.600. The van der Waals surface area contributed by atoms with Crippen molar-refractivity contribution in [3.05, 3.63) is 35.5 Å². The van der Waals surface area contributed by atoms with E-state index < -0.39 is 0 Å². The van der Waals surface area contributed by atoms with Crippen LogP contribution in [0.3, 0.4) is 0 Å². The molecule has 1 N–H and O–H groups in total. The van der Waals surface area contributed by atoms with Crippen molar-refractivity contribution in [2.24, 2.45) is 5.92 Å². The zero-order valence-electron chi connectivity index (χ0n) is 11.2. The Labute approximate surface area is 101 Å². The Morgan fingerprint density at radius 2 is 1.88 bits per heavy atom. The Kier molecular flexibility index (Phi) is 8.93. The second-order valence-corrected chi connectivity index (χ2v) is 4.73. The van der Waals surface area contributed by atoms with E-state index in [0.29, 0.717) is 0 Å². The Balaban J connectivity index is 3.76. The lowest BCUT2D eigenvalue weighted by Gasteiger charge is -2.06. The van der Waals surface area contributed by atoms with Gasteiger partial charge in [-0.1, -0.05) is 42.4 Å².